The lowest BCUT2D eigenvalue weighted by Crippen LogP contribution is -2.13. The third-order valence-corrected chi connectivity index (χ3v) is 3.15. The van der Waals surface area contributed by atoms with Crippen LogP contribution in [0.3, 0.4) is 0 Å². The normalized spacial score (nSPS) is 10.4. The SMILES string of the molecule is CCNCc1ccncc1OCCCc1ccccc1. The molecule has 1 aromatic carbocycles. The first-order valence-electron chi connectivity index (χ1n) is 7.20. The molecule has 3 heteroatoms. The predicted molar refractivity (Wildman–Crippen MR) is 81.9 cm³/mol. The van der Waals surface area contributed by atoms with E-state index in [-0.39, 0.29) is 0 Å². The van der Waals surface area contributed by atoms with Gasteiger partial charge in [-0.05, 0) is 31.0 Å². The Balaban J connectivity index is 1.79. The van der Waals surface area contributed by atoms with Gasteiger partial charge in [-0.25, -0.2) is 0 Å². The second-order valence-electron chi connectivity index (χ2n) is 4.70. The molecule has 2 rings (SSSR count). The summed E-state index contributed by atoms with van der Waals surface area (Å²) in [7, 11) is 0. The number of nitrogens with one attached hydrogen (secondary N) is 1. The molecular formula is C17H22N2O. The number of aryl methyl sites for hydroxylation is 1. The van der Waals surface area contributed by atoms with Crippen molar-refractivity contribution in [3.63, 3.8) is 0 Å². The monoisotopic (exact) mass is 270 g/mol. The first-order valence-corrected chi connectivity index (χ1v) is 7.20. The van der Waals surface area contributed by atoms with Gasteiger partial charge in [0.25, 0.3) is 0 Å². The Morgan fingerprint density at radius 3 is 2.80 bits per heavy atom. The highest BCUT2D eigenvalue weighted by molar-refractivity contribution is 5.29. The number of hydrogen-bond acceptors (Lipinski definition) is 3. The minimum absolute atomic E-state index is 0.722. The lowest BCUT2D eigenvalue weighted by molar-refractivity contribution is 0.306. The molecule has 0 aliphatic rings. The van der Waals surface area contributed by atoms with Gasteiger partial charge in [0.05, 0.1) is 12.8 Å². The summed E-state index contributed by atoms with van der Waals surface area (Å²) in [6.45, 7) is 4.60. The number of ether oxygens (including phenoxy) is 1. The summed E-state index contributed by atoms with van der Waals surface area (Å²) in [5.74, 6) is 0.890. The molecule has 106 valence electrons. The van der Waals surface area contributed by atoms with E-state index in [1.807, 2.05) is 18.3 Å². The van der Waals surface area contributed by atoms with Gasteiger partial charge in [0.1, 0.15) is 5.75 Å². The van der Waals surface area contributed by atoms with Crippen LogP contribution in [0, 0.1) is 0 Å². The van der Waals surface area contributed by atoms with Gasteiger partial charge in [-0.2, -0.15) is 0 Å². The molecule has 0 atom stereocenters. The van der Waals surface area contributed by atoms with Crippen LogP contribution in [0.25, 0.3) is 0 Å². The van der Waals surface area contributed by atoms with E-state index < -0.39 is 0 Å². The lowest BCUT2D eigenvalue weighted by Gasteiger charge is -2.11. The third kappa shape index (κ3) is 4.67. The van der Waals surface area contributed by atoms with Crippen LogP contribution in [0.1, 0.15) is 24.5 Å². The summed E-state index contributed by atoms with van der Waals surface area (Å²) >= 11 is 0. The summed E-state index contributed by atoms with van der Waals surface area (Å²) in [5, 5.41) is 3.31. The van der Waals surface area contributed by atoms with Crippen LogP contribution in [-0.4, -0.2) is 18.1 Å². The summed E-state index contributed by atoms with van der Waals surface area (Å²) in [5.41, 5.74) is 2.52. The van der Waals surface area contributed by atoms with Crippen LogP contribution in [0.4, 0.5) is 0 Å². The molecule has 0 bridgehead atoms. The zero-order valence-corrected chi connectivity index (χ0v) is 12.0. The van der Waals surface area contributed by atoms with Crippen molar-refractivity contribution in [3.05, 3.63) is 59.9 Å². The van der Waals surface area contributed by atoms with Gasteiger partial charge in [-0.1, -0.05) is 37.3 Å². The predicted octanol–water partition coefficient (Wildman–Crippen LogP) is 3.20. The Morgan fingerprint density at radius 1 is 1.15 bits per heavy atom. The molecular weight excluding hydrogens is 248 g/mol. The molecule has 2 aromatic rings. The number of rotatable bonds is 8. The van der Waals surface area contributed by atoms with E-state index in [2.05, 4.69) is 41.5 Å². The van der Waals surface area contributed by atoms with Crippen molar-refractivity contribution < 1.29 is 4.74 Å². The summed E-state index contributed by atoms with van der Waals surface area (Å²) < 4.78 is 5.85. The van der Waals surface area contributed by atoms with E-state index >= 15 is 0 Å². The molecule has 0 radical (unpaired) electrons. The smallest absolute Gasteiger partial charge is 0.142 e. The number of benzene rings is 1. The van der Waals surface area contributed by atoms with E-state index in [9.17, 15) is 0 Å². The zero-order valence-electron chi connectivity index (χ0n) is 12.0. The Bertz CT molecular complexity index is 499. The van der Waals surface area contributed by atoms with Gasteiger partial charge < -0.3 is 10.1 Å². The van der Waals surface area contributed by atoms with E-state index in [0.29, 0.717) is 0 Å². The maximum Gasteiger partial charge on any atom is 0.142 e. The van der Waals surface area contributed by atoms with Crippen LogP contribution in [-0.2, 0) is 13.0 Å². The molecule has 0 fully saturated rings. The zero-order chi connectivity index (χ0) is 14.0. The molecule has 0 spiro atoms. The van der Waals surface area contributed by atoms with E-state index in [4.69, 9.17) is 4.74 Å². The van der Waals surface area contributed by atoms with Crippen molar-refractivity contribution in [2.45, 2.75) is 26.3 Å². The number of aromatic nitrogens is 1. The Morgan fingerprint density at radius 2 is 2.00 bits per heavy atom. The topological polar surface area (TPSA) is 34.2 Å². The molecule has 0 amide bonds. The Kier molecular flexibility index (Phi) is 6.06. The van der Waals surface area contributed by atoms with Crippen molar-refractivity contribution in [1.29, 1.82) is 0 Å². The molecule has 20 heavy (non-hydrogen) atoms. The second-order valence-corrected chi connectivity index (χ2v) is 4.70. The van der Waals surface area contributed by atoms with Gasteiger partial charge in [0.15, 0.2) is 0 Å². The molecule has 0 unspecified atom stereocenters. The minimum atomic E-state index is 0.722. The molecule has 1 aromatic heterocycles. The van der Waals surface area contributed by atoms with E-state index in [1.165, 1.54) is 11.1 Å². The molecule has 0 saturated heterocycles. The Hall–Kier alpha value is -1.87. The fourth-order valence-electron chi connectivity index (χ4n) is 2.05. The standard InChI is InChI=1S/C17H22N2O/c1-2-18-13-16-10-11-19-14-17(16)20-12-6-9-15-7-4-3-5-8-15/h3-5,7-8,10-11,14,18H,2,6,9,12-13H2,1H3. The van der Waals surface area contributed by atoms with Crippen molar-refractivity contribution in [2.24, 2.45) is 0 Å². The third-order valence-electron chi connectivity index (χ3n) is 3.15. The fourth-order valence-corrected chi connectivity index (χ4v) is 2.05. The quantitative estimate of drug-likeness (QED) is 0.748. The van der Waals surface area contributed by atoms with Crippen LogP contribution < -0.4 is 10.1 Å². The molecule has 1 N–H and O–H groups in total. The van der Waals surface area contributed by atoms with Crippen LogP contribution in [0.5, 0.6) is 5.75 Å². The summed E-state index contributed by atoms with van der Waals surface area (Å²) in [6.07, 6.45) is 5.67. The fraction of sp³-hybridized carbons (Fsp3) is 0.353. The average Bonchev–Trinajstić information content (AvgIpc) is 2.51. The van der Waals surface area contributed by atoms with Crippen LogP contribution in [0.15, 0.2) is 48.8 Å². The summed E-state index contributed by atoms with van der Waals surface area (Å²) in [4.78, 5) is 4.14. The van der Waals surface area contributed by atoms with Gasteiger partial charge in [0, 0.05) is 18.3 Å². The first-order chi connectivity index (χ1) is 9.90. The van der Waals surface area contributed by atoms with Crippen molar-refractivity contribution in [1.82, 2.24) is 10.3 Å². The second kappa shape index (κ2) is 8.33. The van der Waals surface area contributed by atoms with Crippen LogP contribution >= 0.6 is 0 Å². The van der Waals surface area contributed by atoms with E-state index in [0.717, 1.165) is 38.3 Å². The highest BCUT2D eigenvalue weighted by atomic mass is 16.5. The highest BCUT2D eigenvalue weighted by Crippen LogP contribution is 2.16. The Labute approximate surface area is 121 Å². The summed E-state index contributed by atoms with van der Waals surface area (Å²) in [6, 6.07) is 12.5. The van der Waals surface area contributed by atoms with E-state index in [1.54, 1.807) is 6.20 Å². The average molecular weight is 270 g/mol. The van der Waals surface area contributed by atoms with Crippen molar-refractivity contribution in [3.8, 4) is 5.75 Å². The van der Waals surface area contributed by atoms with Crippen LogP contribution in [0.2, 0.25) is 0 Å². The minimum Gasteiger partial charge on any atom is -0.492 e. The van der Waals surface area contributed by atoms with Crippen molar-refractivity contribution >= 4 is 0 Å². The lowest BCUT2D eigenvalue weighted by atomic mass is 10.1. The molecule has 0 aliphatic carbocycles. The van der Waals surface area contributed by atoms with Gasteiger partial charge >= 0.3 is 0 Å². The number of hydrogen-bond donors (Lipinski definition) is 1. The number of nitrogens with zero attached hydrogens (tertiary/aromatic N) is 1. The molecule has 3 nitrogen and oxygen atoms in total. The highest BCUT2D eigenvalue weighted by Gasteiger charge is 2.02. The van der Waals surface area contributed by atoms with Gasteiger partial charge in [-0.15, -0.1) is 0 Å². The first kappa shape index (κ1) is 14.5. The number of pyridine rings is 1. The molecule has 0 aliphatic heterocycles. The molecule has 1 heterocycles. The maximum absolute atomic E-state index is 5.85. The van der Waals surface area contributed by atoms with Gasteiger partial charge in [0.2, 0.25) is 0 Å². The maximum atomic E-state index is 5.85. The van der Waals surface area contributed by atoms with Crippen molar-refractivity contribution in [2.75, 3.05) is 13.2 Å². The largest absolute Gasteiger partial charge is 0.492 e. The molecule has 0 saturated carbocycles. The van der Waals surface area contributed by atoms with Gasteiger partial charge in [-0.3, -0.25) is 4.98 Å².